The monoisotopic (exact) mass is 542 g/mol. The molecule has 37 heavy (non-hydrogen) atoms. The van der Waals surface area contributed by atoms with Gasteiger partial charge in [-0.05, 0) is 42.5 Å². The van der Waals surface area contributed by atoms with Crippen molar-refractivity contribution in [1.29, 1.82) is 0 Å². The zero-order valence-corrected chi connectivity index (χ0v) is 22.2. The molecule has 196 valence electrons. The van der Waals surface area contributed by atoms with Crippen LogP contribution in [0.3, 0.4) is 0 Å². The summed E-state index contributed by atoms with van der Waals surface area (Å²) in [6, 6.07) is 16.2. The topological polar surface area (TPSA) is 84.7 Å². The van der Waals surface area contributed by atoms with Gasteiger partial charge in [0.15, 0.2) is 0 Å². The van der Waals surface area contributed by atoms with Gasteiger partial charge in [-0.15, -0.1) is 0 Å². The van der Waals surface area contributed by atoms with Gasteiger partial charge in [0, 0.05) is 31.2 Å². The standard InChI is InChI=1S/C27H31ClN4O4S/c28-23-11-6-12-24(17-23)32-27(33)26(36-19-21-7-4-5-8-21)25(18-29-32)30-13-15-31(16-14-30)37(34,35)20-22-9-2-1-3-10-22/h1-3,6,9-12,17-18,21H,4-5,7-8,13-16,19-20H2. The molecule has 10 heteroatoms. The van der Waals surface area contributed by atoms with E-state index in [0.717, 1.165) is 18.4 Å². The maximum Gasteiger partial charge on any atom is 0.316 e. The Morgan fingerprint density at radius 2 is 1.70 bits per heavy atom. The molecule has 2 fully saturated rings. The van der Waals surface area contributed by atoms with Crippen LogP contribution in [0.25, 0.3) is 5.69 Å². The molecular formula is C27H31ClN4O4S. The predicted octanol–water partition coefficient (Wildman–Crippen LogP) is 4.11. The van der Waals surface area contributed by atoms with Crippen molar-refractivity contribution in [2.75, 3.05) is 37.7 Å². The molecule has 1 aliphatic heterocycles. The molecule has 8 nitrogen and oxygen atoms in total. The van der Waals surface area contributed by atoms with Crippen LogP contribution in [0.4, 0.5) is 5.69 Å². The van der Waals surface area contributed by atoms with Gasteiger partial charge in [0.05, 0.1) is 24.2 Å². The third-order valence-corrected chi connectivity index (χ3v) is 9.16. The summed E-state index contributed by atoms with van der Waals surface area (Å²) in [5.74, 6) is 0.656. The fourth-order valence-corrected chi connectivity index (χ4v) is 6.74. The van der Waals surface area contributed by atoms with Crippen molar-refractivity contribution in [3.8, 4) is 11.4 Å². The minimum Gasteiger partial charge on any atom is -0.486 e. The maximum absolute atomic E-state index is 13.6. The number of anilines is 1. The lowest BCUT2D eigenvalue weighted by Gasteiger charge is -2.35. The van der Waals surface area contributed by atoms with Crippen LogP contribution < -0.4 is 15.2 Å². The summed E-state index contributed by atoms with van der Waals surface area (Å²) in [5, 5.41) is 4.93. The average Bonchev–Trinajstić information content (AvgIpc) is 3.42. The van der Waals surface area contributed by atoms with E-state index in [1.54, 1.807) is 30.5 Å². The van der Waals surface area contributed by atoms with Crippen LogP contribution in [-0.2, 0) is 15.8 Å². The summed E-state index contributed by atoms with van der Waals surface area (Å²) < 4.78 is 35.0. The molecule has 3 aromatic rings. The van der Waals surface area contributed by atoms with E-state index in [2.05, 4.69) is 5.10 Å². The van der Waals surface area contributed by atoms with Gasteiger partial charge >= 0.3 is 5.56 Å². The second-order valence-corrected chi connectivity index (χ2v) is 12.1. The first kappa shape index (κ1) is 25.8. The van der Waals surface area contributed by atoms with Crippen LogP contribution in [-0.4, -0.2) is 55.3 Å². The van der Waals surface area contributed by atoms with Gasteiger partial charge in [-0.2, -0.15) is 14.1 Å². The molecule has 2 heterocycles. The molecule has 0 bridgehead atoms. The van der Waals surface area contributed by atoms with Crippen molar-refractivity contribution in [2.24, 2.45) is 5.92 Å². The fraction of sp³-hybridized carbons (Fsp3) is 0.407. The molecule has 1 saturated heterocycles. The van der Waals surface area contributed by atoms with E-state index in [4.69, 9.17) is 16.3 Å². The van der Waals surface area contributed by atoms with E-state index in [1.807, 2.05) is 35.2 Å². The van der Waals surface area contributed by atoms with Crippen LogP contribution in [0.2, 0.25) is 5.02 Å². The van der Waals surface area contributed by atoms with Crippen molar-refractivity contribution >= 4 is 27.3 Å². The van der Waals surface area contributed by atoms with Gasteiger partial charge in [0.25, 0.3) is 0 Å². The highest BCUT2D eigenvalue weighted by atomic mass is 35.5. The van der Waals surface area contributed by atoms with Crippen molar-refractivity contribution in [3.63, 3.8) is 0 Å². The largest absolute Gasteiger partial charge is 0.486 e. The molecule has 1 aliphatic carbocycles. The third-order valence-electron chi connectivity index (χ3n) is 7.07. The minimum absolute atomic E-state index is 0.0270. The molecule has 0 spiro atoms. The van der Waals surface area contributed by atoms with E-state index in [9.17, 15) is 13.2 Å². The van der Waals surface area contributed by atoms with Crippen molar-refractivity contribution in [3.05, 3.63) is 81.7 Å². The van der Waals surface area contributed by atoms with Gasteiger partial charge in [0.2, 0.25) is 15.8 Å². The molecule has 0 N–H and O–H groups in total. The van der Waals surface area contributed by atoms with Crippen molar-refractivity contribution < 1.29 is 13.2 Å². The quantitative estimate of drug-likeness (QED) is 0.426. The lowest BCUT2D eigenvalue weighted by Crippen LogP contribution is -2.49. The normalized spacial score (nSPS) is 17.3. The van der Waals surface area contributed by atoms with E-state index in [0.29, 0.717) is 55.1 Å². The number of sulfonamides is 1. The maximum atomic E-state index is 13.6. The molecule has 2 aliphatic rings. The van der Waals surface area contributed by atoms with Crippen LogP contribution in [0.1, 0.15) is 31.2 Å². The van der Waals surface area contributed by atoms with E-state index >= 15 is 0 Å². The summed E-state index contributed by atoms with van der Waals surface area (Å²) >= 11 is 6.15. The Kier molecular flexibility index (Phi) is 7.83. The van der Waals surface area contributed by atoms with Crippen LogP contribution in [0, 0.1) is 5.92 Å². The van der Waals surface area contributed by atoms with Crippen LogP contribution in [0.5, 0.6) is 5.75 Å². The molecule has 1 saturated carbocycles. The number of aromatic nitrogens is 2. The van der Waals surface area contributed by atoms with E-state index in [1.165, 1.54) is 21.8 Å². The van der Waals surface area contributed by atoms with Gasteiger partial charge in [0.1, 0.15) is 5.69 Å². The zero-order chi connectivity index (χ0) is 25.8. The Balaban J connectivity index is 1.37. The van der Waals surface area contributed by atoms with E-state index < -0.39 is 10.0 Å². The van der Waals surface area contributed by atoms with Crippen LogP contribution in [0.15, 0.2) is 65.6 Å². The highest BCUT2D eigenvalue weighted by Crippen LogP contribution is 2.30. The number of hydrogen-bond donors (Lipinski definition) is 0. The van der Waals surface area contributed by atoms with Crippen LogP contribution >= 0.6 is 11.6 Å². The second-order valence-electron chi connectivity index (χ2n) is 9.65. The first-order valence-electron chi connectivity index (χ1n) is 12.7. The smallest absolute Gasteiger partial charge is 0.316 e. The van der Waals surface area contributed by atoms with E-state index in [-0.39, 0.29) is 17.1 Å². The fourth-order valence-electron chi connectivity index (χ4n) is 5.04. The first-order valence-corrected chi connectivity index (χ1v) is 14.7. The third kappa shape index (κ3) is 6.00. The zero-order valence-electron chi connectivity index (χ0n) is 20.6. The molecule has 0 amide bonds. The molecule has 0 atom stereocenters. The summed E-state index contributed by atoms with van der Waals surface area (Å²) in [6.45, 7) is 2.02. The average molecular weight is 543 g/mol. The molecule has 5 rings (SSSR count). The first-order chi connectivity index (χ1) is 17.9. The molecule has 2 aromatic carbocycles. The van der Waals surface area contributed by atoms with Crippen molar-refractivity contribution in [2.45, 2.75) is 31.4 Å². The highest BCUT2D eigenvalue weighted by molar-refractivity contribution is 7.88. The number of nitrogens with zero attached hydrogens (tertiary/aromatic N) is 4. The summed E-state index contributed by atoms with van der Waals surface area (Å²) in [4.78, 5) is 15.6. The Morgan fingerprint density at radius 3 is 2.41 bits per heavy atom. The number of ether oxygens (including phenoxy) is 1. The Labute approximate surface area is 222 Å². The van der Waals surface area contributed by atoms with Gasteiger partial charge in [-0.3, -0.25) is 4.79 Å². The lowest BCUT2D eigenvalue weighted by molar-refractivity contribution is 0.247. The summed E-state index contributed by atoms with van der Waals surface area (Å²) in [7, 11) is -3.45. The Morgan fingerprint density at radius 1 is 0.973 bits per heavy atom. The van der Waals surface area contributed by atoms with Gasteiger partial charge in [-0.25, -0.2) is 8.42 Å². The SMILES string of the molecule is O=c1c(OCC2CCCC2)c(N2CCN(S(=O)(=O)Cc3ccccc3)CC2)cnn1-c1cccc(Cl)c1. The predicted molar refractivity (Wildman–Crippen MR) is 145 cm³/mol. The molecule has 0 radical (unpaired) electrons. The number of rotatable bonds is 8. The molecular weight excluding hydrogens is 512 g/mol. The second kappa shape index (κ2) is 11.2. The van der Waals surface area contributed by atoms with Gasteiger partial charge in [-0.1, -0.05) is 60.8 Å². The minimum atomic E-state index is -3.45. The number of piperazine rings is 1. The summed E-state index contributed by atoms with van der Waals surface area (Å²) in [6.07, 6.45) is 6.20. The number of halogens is 1. The number of benzene rings is 2. The summed E-state index contributed by atoms with van der Waals surface area (Å²) in [5.41, 5.74) is 1.58. The Bertz CT molecular complexity index is 1380. The molecule has 1 aromatic heterocycles. The van der Waals surface area contributed by atoms with Gasteiger partial charge < -0.3 is 9.64 Å². The Hall–Kier alpha value is -2.88. The highest BCUT2D eigenvalue weighted by Gasteiger charge is 2.30. The molecule has 0 unspecified atom stereocenters. The lowest BCUT2D eigenvalue weighted by atomic mass is 10.1. The number of hydrogen-bond acceptors (Lipinski definition) is 6. The van der Waals surface area contributed by atoms with Crippen molar-refractivity contribution in [1.82, 2.24) is 14.1 Å².